The lowest BCUT2D eigenvalue weighted by Crippen LogP contribution is -2.39. The molecule has 1 amide bonds. The highest BCUT2D eigenvalue weighted by atomic mass is 19.4. The van der Waals surface area contributed by atoms with Crippen LogP contribution in [0.5, 0.6) is 0 Å². The van der Waals surface area contributed by atoms with Gasteiger partial charge in [0.2, 0.25) is 5.91 Å². The molecule has 3 nitrogen and oxygen atoms in total. The number of rotatable bonds is 6. The summed E-state index contributed by atoms with van der Waals surface area (Å²) in [6, 6.07) is 10.3. The summed E-state index contributed by atoms with van der Waals surface area (Å²) in [5, 5.41) is 0. The predicted molar refractivity (Wildman–Crippen MR) is 87.4 cm³/mol. The van der Waals surface area contributed by atoms with Crippen LogP contribution in [-0.2, 0) is 11.3 Å². The van der Waals surface area contributed by atoms with Crippen LogP contribution in [0.1, 0.15) is 31.2 Å². The summed E-state index contributed by atoms with van der Waals surface area (Å²) in [5.41, 5.74) is 1.29. The molecule has 134 valence electrons. The molecule has 24 heavy (non-hydrogen) atoms. The zero-order valence-electron chi connectivity index (χ0n) is 14.1. The second-order valence-electron chi connectivity index (χ2n) is 6.59. The van der Waals surface area contributed by atoms with Crippen LogP contribution in [0.4, 0.5) is 13.2 Å². The lowest BCUT2D eigenvalue weighted by atomic mass is 9.96. The molecule has 1 saturated heterocycles. The maximum atomic E-state index is 12.2. The first-order valence-electron chi connectivity index (χ1n) is 8.40. The number of carbonyl (C=O) groups is 1. The number of hydrogen-bond acceptors (Lipinski definition) is 2. The van der Waals surface area contributed by atoms with Crippen molar-refractivity contribution >= 4 is 5.91 Å². The van der Waals surface area contributed by atoms with Gasteiger partial charge in [-0.25, -0.2) is 0 Å². The number of hydrogen-bond donors (Lipinski definition) is 0. The maximum absolute atomic E-state index is 12.2. The molecule has 2 rings (SSSR count). The van der Waals surface area contributed by atoms with E-state index in [1.54, 1.807) is 7.05 Å². The third kappa shape index (κ3) is 6.51. The van der Waals surface area contributed by atoms with Crippen LogP contribution in [0.25, 0.3) is 0 Å². The van der Waals surface area contributed by atoms with E-state index in [0.717, 1.165) is 32.5 Å². The molecule has 0 atom stereocenters. The number of likely N-dealkylation sites (tertiary alicyclic amines) is 1. The topological polar surface area (TPSA) is 23.6 Å². The number of halogens is 3. The van der Waals surface area contributed by atoms with Gasteiger partial charge in [0.15, 0.2) is 0 Å². The Morgan fingerprint density at radius 3 is 2.42 bits per heavy atom. The Morgan fingerprint density at radius 2 is 1.83 bits per heavy atom. The molecule has 0 aliphatic carbocycles. The summed E-state index contributed by atoms with van der Waals surface area (Å²) < 4.78 is 36.6. The Morgan fingerprint density at radius 1 is 1.21 bits per heavy atom. The van der Waals surface area contributed by atoms with Crippen LogP contribution >= 0.6 is 0 Å². The quantitative estimate of drug-likeness (QED) is 0.787. The standard InChI is InChI=1S/C18H25F3N2O/c1-22(17(24)7-10-18(19,20)21)13-16-8-11-23(12-9-16)14-15-5-3-2-4-6-15/h2-6,16H,7-14H2,1H3. The summed E-state index contributed by atoms with van der Waals surface area (Å²) in [6.07, 6.45) is -3.80. The van der Waals surface area contributed by atoms with E-state index in [1.807, 2.05) is 18.2 Å². The maximum Gasteiger partial charge on any atom is 0.389 e. The Balaban J connectivity index is 1.69. The number of benzene rings is 1. The molecule has 1 aromatic carbocycles. The van der Waals surface area contributed by atoms with Crippen molar-refractivity contribution in [2.75, 3.05) is 26.7 Å². The van der Waals surface area contributed by atoms with Crippen LogP contribution in [0.3, 0.4) is 0 Å². The van der Waals surface area contributed by atoms with E-state index in [0.29, 0.717) is 12.5 Å². The van der Waals surface area contributed by atoms with E-state index >= 15 is 0 Å². The minimum absolute atomic E-state index is 0.372. The molecule has 0 radical (unpaired) electrons. The van der Waals surface area contributed by atoms with Gasteiger partial charge in [-0.3, -0.25) is 9.69 Å². The fourth-order valence-corrected chi connectivity index (χ4v) is 3.10. The van der Waals surface area contributed by atoms with Gasteiger partial charge in [-0.2, -0.15) is 13.2 Å². The fraction of sp³-hybridized carbons (Fsp3) is 0.611. The monoisotopic (exact) mass is 342 g/mol. The van der Waals surface area contributed by atoms with Crippen LogP contribution in [0.15, 0.2) is 30.3 Å². The van der Waals surface area contributed by atoms with Crippen LogP contribution in [-0.4, -0.2) is 48.6 Å². The number of piperidine rings is 1. The van der Waals surface area contributed by atoms with Crippen LogP contribution in [0.2, 0.25) is 0 Å². The molecule has 0 spiro atoms. The minimum atomic E-state index is -4.26. The summed E-state index contributed by atoms with van der Waals surface area (Å²) in [6.45, 7) is 3.40. The zero-order chi connectivity index (χ0) is 17.6. The van der Waals surface area contributed by atoms with Crippen molar-refractivity contribution in [3.05, 3.63) is 35.9 Å². The van der Waals surface area contributed by atoms with E-state index in [1.165, 1.54) is 10.5 Å². The Bertz CT molecular complexity index is 511. The van der Waals surface area contributed by atoms with E-state index in [9.17, 15) is 18.0 Å². The van der Waals surface area contributed by atoms with E-state index in [2.05, 4.69) is 17.0 Å². The molecule has 1 aromatic rings. The molecule has 0 N–H and O–H groups in total. The lowest BCUT2D eigenvalue weighted by Gasteiger charge is -2.34. The molecule has 0 bridgehead atoms. The highest BCUT2D eigenvalue weighted by molar-refractivity contribution is 5.75. The van der Waals surface area contributed by atoms with Gasteiger partial charge in [-0.1, -0.05) is 30.3 Å². The summed E-state index contributed by atoms with van der Waals surface area (Å²) >= 11 is 0. The van der Waals surface area contributed by atoms with Crippen molar-refractivity contribution in [1.82, 2.24) is 9.80 Å². The van der Waals surface area contributed by atoms with Gasteiger partial charge in [-0.15, -0.1) is 0 Å². The van der Waals surface area contributed by atoms with E-state index < -0.39 is 24.9 Å². The Kier molecular flexibility index (Phi) is 6.66. The molecule has 1 heterocycles. The van der Waals surface area contributed by atoms with E-state index in [4.69, 9.17) is 0 Å². The van der Waals surface area contributed by atoms with Gasteiger partial charge in [0.25, 0.3) is 0 Å². The molecule has 0 saturated carbocycles. The first kappa shape index (κ1) is 18.8. The molecular formula is C18H25F3N2O. The average Bonchev–Trinajstić information content (AvgIpc) is 2.54. The third-order valence-electron chi connectivity index (χ3n) is 4.54. The summed E-state index contributed by atoms with van der Waals surface area (Å²) in [4.78, 5) is 15.6. The van der Waals surface area contributed by atoms with Crippen LogP contribution in [0, 0.1) is 5.92 Å². The minimum Gasteiger partial charge on any atom is -0.345 e. The van der Waals surface area contributed by atoms with Gasteiger partial charge >= 0.3 is 6.18 Å². The van der Waals surface area contributed by atoms with Crippen LogP contribution < -0.4 is 0 Å². The predicted octanol–water partition coefficient (Wildman–Crippen LogP) is 3.70. The molecule has 1 fully saturated rings. The number of carbonyl (C=O) groups excluding carboxylic acids is 1. The second kappa shape index (κ2) is 8.51. The Labute approximate surface area is 141 Å². The van der Waals surface area contributed by atoms with Gasteiger partial charge in [0, 0.05) is 26.6 Å². The van der Waals surface area contributed by atoms with E-state index in [-0.39, 0.29) is 0 Å². The normalized spacial score (nSPS) is 17.0. The van der Waals surface area contributed by atoms with Crippen molar-refractivity contribution in [2.45, 2.75) is 38.4 Å². The van der Waals surface area contributed by atoms with Crippen molar-refractivity contribution < 1.29 is 18.0 Å². The smallest absolute Gasteiger partial charge is 0.345 e. The lowest BCUT2D eigenvalue weighted by molar-refractivity contribution is -0.148. The first-order chi connectivity index (χ1) is 11.3. The second-order valence-corrected chi connectivity index (χ2v) is 6.59. The molecule has 0 aromatic heterocycles. The summed E-state index contributed by atoms with van der Waals surface area (Å²) in [5.74, 6) is -0.0455. The molecular weight excluding hydrogens is 317 g/mol. The first-order valence-corrected chi connectivity index (χ1v) is 8.40. The van der Waals surface area contributed by atoms with Crippen molar-refractivity contribution in [2.24, 2.45) is 5.92 Å². The van der Waals surface area contributed by atoms with Gasteiger partial charge in [0.1, 0.15) is 0 Å². The third-order valence-corrected chi connectivity index (χ3v) is 4.54. The largest absolute Gasteiger partial charge is 0.389 e. The SMILES string of the molecule is CN(CC1CCN(Cc2ccccc2)CC1)C(=O)CCC(F)(F)F. The van der Waals surface area contributed by atoms with Gasteiger partial charge < -0.3 is 4.90 Å². The van der Waals surface area contributed by atoms with Crippen molar-refractivity contribution in [3.8, 4) is 0 Å². The fourth-order valence-electron chi connectivity index (χ4n) is 3.10. The Hall–Kier alpha value is -1.56. The average molecular weight is 342 g/mol. The molecule has 6 heteroatoms. The van der Waals surface area contributed by atoms with Gasteiger partial charge in [0.05, 0.1) is 6.42 Å². The molecule has 1 aliphatic rings. The number of nitrogens with zero attached hydrogens (tertiary/aromatic N) is 2. The highest BCUT2D eigenvalue weighted by Crippen LogP contribution is 2.23. The number of alkyl halides is 3. The highest BCUT2D eigenvalue weighted by Gasteiger charge is 2.29. The van der Waals surface area contributed by atoms with Crippen molar-refractivity contribution in [1.29, 1.82) is 0 Å². The van der Waals surface area contributed by atoms with Gasteiger partial charge in [-0.05, 0) is 37.4 Å². The van der Waals surface area contributed by atoms with Crippen molar-refractivity contribution in [3.63, 3.8) is 0 Å². The molecule has 1 aliphatic heterocycles. The number of amides is 1. The molecule has 0 unspecified atom stereocenters. The zero-order valence-corrected chi connectivity index (χ0v) is 14.1. The summed E-state index contributed by atoms with van der Waals surface area (Å²) in [7, 11) is 1.61.